The summed E-state index contributed by atoms with van der Waals surface area (Å²) in [4.78, 5) is -0.577. The molecule has 0 radical (unpaired) electrons. The van der Waals surface area contributed by atoms with E-state index in [0.29, 0.717) is 16.9 Å². The first kappa shape index (κ1) is 18.9. The number of anilines is 2. The van der Waals surface area contributed by atoms with Crippen LogP contribution in [0.2, 0.25) is 0 Å². The molecule has 27 heavy (non-hydrogen) atoms. The zero-order valence-corrected chi connectivity index (χ0v) is 16.1. The number of aryl methyl sites for hydroxylation is 1. The molecule has 3 aromatic carbocycles. The van der Waals surface area contributed by atoms with Gasteiger partial charge >= 0.3 is 0 Å². The second-order valence-electron chi connectivity index (χ2n) is 6.05. The normalized spacial score (nSPS) is 12.0. The number of hydrogen-bond acceptors (Lipinski definition) is 6. The van der Waals surface area contributed by atoms with Crippen LogP contribution in [0.3, 0.4) is 0 Å². The van der Waals surface area contributed by atoms with E-state index in [9.17, 15) is 16.8 Å². The lowest BCUT2D eigenvalue weighted by atomic mass is 10.2. The van der Waals surface area contributed by atoms with E-state index in [4.69, 9.17) is 11.5 Å². The summed E-state index contributed by atoms with van der Waals surface area (Å²) in [5, 5.41) is 0. The summed E-state index contributed by atoms with van der Waals surface area (Å²) in [6, 6.07) is 15.6. The van der Waals surface area contributed by atoms with Crippen molar-refractivity contribution in [3.63, 3.8) is 0 Å². The molecule has 3 rings (SSSR count). The molecule has 0 fully saturated rings. The number of rotatable bonds is 4. The van der Waals surface area contributed by atoms with Crippen LogP contribution in [0.5, 0.6) is 0 Å². The standard InChI is InChI=1S/C19H18N2O4S2/c1-13-3-2-4-18(26(22,23)16-9-5-14(20)6-10-16)19(13)27(24,25)17-11-7-15(21)8-12-17/h2-12H,20-21H2,1H3. The fourth-order valence-electron chi connectivity index (χ4n) is 2.72. The van der Waals surface area contributed by atoms with Crippen molar-refractivity contribution in [1.29, 1.82) is 0 Å². The Kier molecular flexibility index (Phi) is 4.71. The Morgan fingerprint density at radius 1 is 0.630 bits per heavy atom. The monoisotopic (exact) mass is 402 g/mol. The number of hydrogen-bond donors (Lipinski definition) is 2. The van der Waals surface area contributed by atoms with Gasteiger partial charge in [-0.1, -0.05) is 12.1 Å². The molecule has 0 spiro atoms. The van der Waals surface area contributed by atoms with Crippen LogP contribution in [0.4, 0.5) is 11.4 Å². The first-order chi connectivity index (χ1) is 12.6. The molecule has 0 atom stereocenters. The lowest BCUT2D eigenvalue weighted by molar-refractivity contribution is 0.582. The van der Waals surface area contributed by atoms with Gasteiger partial charge < -0.3 is 11.5 Å². The van der Waals surface area contributed by atoms with Crippen molar-refractivity contribution in [2.24, 2.45) is 0 Å². The minimum atomic E-state index is -4.08. The van der Waals surface area contributed by atoms with Crippen LogP contribution in [-0.2, 0) is 19.7 Å². The smallest absolute Gasteiger partial charge is 0.208 e. The molecule has 8 heteroatoms. The SMILES string of the molecule is Cc1cccc(S(=O)(=O)c2ccc(N)cc2)c1S(=O)(=O)c1ccc(N)cc1. The van der Waals surface area contributed by atoms with E-state index < -0.39 is 19.7 Å². The number of benzene rings is 3. The number of nitrogens with two attached hydrogens (primary N) is 2. The summed E-state index contributed by atoms with van der Waals surface area (Å²) in [6.07, 6.45) is 0. The van der Waals surface area contributed by atoms with Gasteiger partial charge in [0.25, 0.3) is 0 Å². The van der Waals surface area contributed by atoms with Crippen molar-refractivity contribution < 1.29 is 16.8 Å². The highest BCUT2D eigenvalue weighted by Crippen LogP contribution is 2.33. The summed E-state index contributed by atoms with van der Waals surface area (Å²) < 4.78 is 52.6. The van der Waals surface area contributed by atoms with Crippen LogP contribution in [-0.4, -0.2) is 16.8 Å². The maximum Gasteiger partial charge on any atom is 0.208 e. The topological polar surface area (TPSA) is 120 Å². The van der Waals surface area contributed by atoms with Crippen molar-refractivity contribution >= 4 is 31.0 Å². The van der Waals surface area contributed by atoms with E-state index in [1.165, 1.54) is 60.7 Å². The van der Waals surface area contributed by atoms with Gasteiger partial charge in [-0.2, -0.15) is 0 Å². The van der Waals surface area contributed by atoms with E-state index in [-0.39, 0.29) is 19.6 Å². The molecule has 0 saturated heterocycles. The summed E-state index contributed by atoms with van der Waals surface area (Å²) in [5.41, 5.74) is 12.4. The summed E-state index contributed by atoms with van der Waals surface area (Å²) >= 11 is 0. The van der Waals surface area contributed by atoms with Gasteiger partial charge in [0, 0.05) is 11.4 Å². The molecule has 0 unspecified atom stereocenters. The van der Waals surface area contributed by atoms with Gasteiger partial charge in [-0.3, -0.25) is 0 Å². The van der Waals surface area contributed by atoms with E-state index in [0.717, 1.165) is 0 Å². The summed E-state index contributed by atoms with van der Waals surface area (Å²) in [6.45, 7) is 1.56. The third-order valence-corrected chi connectivity index (χ3v) is 8.03. The summed E-state index contributed by atoms with van der Waals surface area (Å²) in [5.74, 6) is 0. The van der Waals surface area contributed by atoms with Crippen molar-refractivity contribution in [3.05, 3.63) is 72.3 Å². The molecular weight excluding hydrogens is 384 g/mol. The molecule has 6 nitrogen and oxygen atoms in total. The molecule has 0 heterocycles. The Bertz CT molecular complexity index is 1200. The van der Waals surface area contributed by atoms with E-state index >= 15 is 0 Å². The van der Waals surface area contributed by atoms with Crippen molar-refractivity contribution in [2.75, 3.05) is 11.5 Å². The van der Waals surface area contributed by atoms with Gasteiger partial charge in [0.15, 0.2) is 0 Å². The molecule has 0 aromatic heterocycles. The molecule has 0 saturated carbocycles. The maximum atomic E-state index is 13.2. The molecule has 140 valence electrons. The quantitative estimate of drug-likeness (QED) is 0.648. The van der Waals surface area contributed by atoms with E-state index in [1.54, 1.807) is 13.0 Å². The summed E-state index contributed by atoms with van der Waals surface area (Å²) in [7, 11) is -8.14. The molecule has 0 aliphatic carbocycles. The molecule has 0 amide bonds. The number of sulfone groups is 2. The Hall–Kier alpha value is -2.84. The fourth-order valence-corrected chi connectivity index (χ4v) is 6.34. The predicted octanol–water partition coefficient (Wildman–Crippen LogP) is 2.83. The highest BCUT2D eigenvalue weighted by Gasteiger charge is 2.30. The van der Waals surface area contributed by atoms with Crippen LogP contribution in [0.25, 0.3) is 0 Å². The molecular formula is C19H18N2O4S2. The zero-order valence-electron chi connectivity index (χ0n) is 14.5. The third kappa shape index (κ3) is 3.41. The van der Waals surface area contributed by atoms with Crippen LogP contribution in [0.1, 0.15) is 5.56 Å². The Morgan fingerprint density at radius 3 is 1.56 bits per heavy atom. The molecule has 0 aliphatic heterocycles. The lowest BCUT2D eigenvalue weighted by Gasteiger charge is -2.14. The third-order valence-electron chi connectivity index (χ3n) is 4.11. The second-order valence-corrected chi connectivity index (χ2v) is 9.85. The zero-order chi connectivity index (χ0) is 19.8. The first-order valence-corrected chi connectivity index (χ1v) is 10.9. The Balaban J connectivity index is 2.27. The van der Waals surface area contributed by atoms with Crippen LogP contribution < -0.4 is 11.5 Å². The number of nitrogen functional groups attached to an aromatic ring is 2. The fraction of sp³-hybridized carbons (Fsp3) is 0.0526. The largest absolute Gasteiger partial charge is 0.399 e. The van der Waals surface area contributed by atoms with Gasteiger partial charge in [0.2, 0.25) is 19.7 Å². The molecule has 3 aromatic rings. The Labute approximate surface area is 158 Å². The van der Waals surface area contributed by atoms with Crippen LogP contribution in [0.15, 0.2) is 86.3 Å². The first-order valence-electron chi connectivity index (χ1n) is 7.95. The lowest BCUT2D eigenvalue weighted by Crippen LogP contribution is -2.12. The minimum Gasteiger partial charge on any atom is -0.399 e. The molecule has 4 N–H and O–H groups in total. The molecule has 0 aliphatic rings. The van der Waals surface area contributed by atoms with Crippen molar-refractivity contribution in [1.82, 2.24) is 0 Å². The van der Waals surface area contributed by atoms with Crippen LogP contribution >= 0.6 is 0 Å². The highest BCUT2D eigenvalue weighted by molar-refractivity contribution is 7.94. The second kappa shape index (κ2) is 6.71. The average Bonchev–Trinajstić information content (AvgIpc) is 2.62. The van der Waals surface area contributed by atoms with Gasteiger partial charge in [-0.15, -0.1) is 0 Å². The minimum absolute atomic E-state index is 0.0280. The van der Waals surface area contributed by atoms with Gasteiger partial charge in [-0.25, -0.2) is 16.8 Å². The van der Waals surface area contributed by atoms with E-state index in [1.807, 2.05) is 0 Å². The van der Waals surface area contributed by atoms with Crippen molar-refractivity contribution in [2.45, 2.75) is 26.5 Å². The molecule has 0 bridgehead atoms. The predicted molar refractivity (Wildman–Crippen MR) is 104 cm³/mol. The van der Waals surface area contributed by atoms with Gasteiger partial charge in [-0.05, 0) is 67.1 Å². The van der Waals surface area contributed by atoms with Gasteiger partial charge in [0.1, 0.15) is 0 Å². The van der Waals surface area contributed by atoms with E-state index in [2.05, 4.69) is 0 Å². The average molecular weight is 402 g/mol. The highest BCUT2D eigenvalue weighted by atomic mass is 32.2. The maximum absolute atomic E-state index is 13.2. The van der Waals surface area contributed by atoms with Crippen molar-refractivity contribution in [3.8, 4) is 0 Å². The van der Waals surface area contributed by atoms with Crippen LogP contribution in [0, 0.1) is 6.92 Å². The van der Waals surface area contributed by atoms with Gasteiger partial charge in [0.05, 0.1) is 19.6 Å². The Morgan fingerprint density at radius 2 is 1.07 bits per heavy atom.